The Morgan fingerprint density at radius 3 is 1.57 bits per heavy atom. The highest BCUT2D eigenvalue weighted by molar-refractivity contribution is 6.96. The van der Waals surface area contributed by atoms with Crippen LogP contribution in [0.5, 0.6) is 0 Å². The van der Waals surface area contributed by atoms with Crippen molar-refractivity contribution in [1.29, 1.82) is 0 Å². The third-order valence-corrected chi connectivity index (χ3v) is 4.53. The van der Waals surface area contributed by atoms with Crippen molar-refractivity contribution in [2.24, 2.45) is 0 Å². The molecule has 1 heterocycles. The van der Waals surface area contributed by atoms with Crippen molar-refractivity contribution in [2.75, 3.05) is 0 Å². The van der Waals surface area contributed by atoms with Gasteiger partial charge in [0, 0.05) is 0 Å². The summed E-state index contributed by atoms with van der Waals surface area (Å²) in [6.45, 7) is 0.362. The molecule has 1 aliphatic rings. The number of hydrogen-bond donors (Lipinski definition) is 0. The van der Waals surface area contributed by atoms with Crippen LogP contribution in [0, 0.1) is 0 Å². The number of aryl methyl sites for hydroxylation is 2. The first kappa shape index (κ1) is 12.5. The van der Waals surface area contributed by atoms with Crippen LogP contribution in [0.25, 0.3) is 0 Å². The van der Waals surface area contributed by atoms with E-state index in [0.29, 0.717) is 6.71 Å². The molecule has 1 aliphatic heterocycles. The van der Waals surface area contributed by atoms with Crippen LogP contribution in [0.4, 0.5) is 0 Å². The highest BCUT2D eigenvalue weighted by atomic mass is 14.1. The number of fused-ring (bicyclic) bond motifs is 2. The van der Waals surface area contributed by atoms with Crippen molar-refractivity contribution in [3.05, 3.63) is 90.0 Å². The molecule has 3 aromatic carbocycles. The maximum absolute atomic E-state index is 2.30. The second-order valence-corrected chi connectivity index (χ2v) is 5.74. The minimum atomic E-state index is 0.362. The maximum Gasteiger partial charge on any atom is 0.241 e. The Hall–Kier alpha value is -2.28. The molecule has 0 fully saturated rings. The van der Waals surface area contributed by atoms with Gasteiger partial charge in [0.05, 0.1) is 0 Å². The molecule has 0 saturated heterocycles. The zero-order valence-electron chi connectivity index (χ0n) is 12.0. The largest absolute Gasteiger partial charge is 0.241 e. The molecule has 21 heavy (non-hydrogen) atoms. The molecule has 0 N–H and O–H groups in total. The molecule has 0 aliphatic carbocycles. The van der Waals surface area contributed by atoms with Crippen LogP contribution in [0.2, 0.25) is 0 Å². The summed E-state index contributed by atoms with van der Waals surface area (Å²) in [6, 6.07) is 28.7. The topological polar surface area (TPSA) is 0 Å². The highest BCUT2D eigenvalue weighted by Gasteiger charge is 2.27. The lowest BCUT2D eigenvalue weighted by Crippen LogP contribution is -2.53. The predicted octanol–water partition coefficient (Wildman–Crippen LogP) is 2.30. The molecular formula is C20H17B. The summed E-state index contributed by atoms with van der Waals surface area (Å²) < 4.78 is 0. The average molecular weight is 268 g/mol. The molecular weight excluding hydrogens is 251 g/mol. The van der Waals surface area contributed by atoms with Crippen molar-refractivity contribution in [2.45, 2.75) is 12.8 Å². The fraction of sp³-hybridized carbons (Fsp3) is 0.100. The first-order valence-electron chi connectivity index (χ1n) is 7.64. The summed E-state index contributed by atoms with van der Waals surface area (Å²) in [7, 11) is 0. The Kier molecular flexibility index (Phi) is 3.12. The van der Waals surface area contributed by atoms with E-state index in [-0.39, 0.29) is 0 Å². The van der Waals surface area contributed by atoms with E-state index in [1.807, 2.05) is 0 Å². The van der Waals surface area contributed by atoms with Crippen molar-refractivity contribution in [3.8, 4) is 0 Å². The molecule has 0 amide bonds. The van der Waals surface area contributed by atoms with E-state index in [2.05, 4.69) is 78.9 Å². The SMILES string of the molecule is c1ccc(B2c3ccccc3CCc3ccccc32)cc1. The molecule has 0 unspecified atom stereocenters. The average Bonchev–Trinajstić information content (AvgIpc) is 2.72. The van der Waals surface area contributed by atoms with Gasteiger partial charge in [-0.2, -0.15) is 0 Å². The molecule has 0 aromatic heterocycles. The van der Waals surface area contributed by atoms with E-state index in [4.69, 9.17) is 0 Å². The quantitative estimate of drug-likeness (QED) is 0.594. The van der Waals surface area contributed by atoms with Gasteiger partial charge >= 0.3 is 0 Å². The summed E-state index contributed by atoms with van der Waals surface area (Å²) in [5, 5.41) is 0. The normalized spacial score (nSPS) is 13.2. The number of benzene rings is 3. The van der Waals surface area contributed by atoms with E-state index < -0.39 is 0 Å². The Balaban J connectivity index is 1.99. The third-order valence-electron chi connectivity index (χ3n) is 4.53. The molecule has 4 rings (SSSR count). The van der Waals surface area contributed by atoms with Crippen LogP contribution < -0.4 is 16.4 Å². The van der Waals surface area contributed by atoms with Gasteiger partial charge in [0.1, 0.15) is 0 Å². The summed E-state index contributed by atoms with van der Waals surface area (Å²) in [4.78, 5) is 0. The van der Waals surface area contributed by atoms with E-state index in [9.17, 15) is 0 Å². The molecule has 0 bridgehead atoms. The second-order valence-electron chi connectivity index (χ2n) is 5.74. The van der Waals surface area contributed by atoms with Gasteiger partial charge in [-0.25, -0.2) is 0 Å². The lowest BCUT2D eigenvalue weighted by atomic mass is 9.36. The Labute approximate surface area is 126 Å². The lowest BCUT2D eigenvalue weighted by Gasteiger charge is -2.17. The molecule has 100 valence electrons. The van der Waals surface area contributed by atoms with Gasteiger partial charge in [0.25, 0.3) is 0 Å². The zero-order chi connectivity index (χ0) is 14.1. The lowest BCUT2D eigenvalue weighted by molar-refractivity contribution is 0.977. The van der Waals surface area contributed by atoms with E-state index in [0.717, 1.165) is 12.8 Å². The zero-order valence-corrected chi connectivity index (χ0v) is 12.0. The molecule has 0 saturated carbocycles. The van der Waals surface area contributed by atoms with Gasteiger partial charge in [-0.3, -0.25) is 0 Å². The molecule has 0 spiro atoms. The van der Waals surface area contributed by atoms with E-state index in [1.165, 1.54) is 27.5 Å². The Morgan fingerprint density at radius 2 is 1.00 bits per heavy atom. The summed E-state index contributed by atoms with van der Waals surface area (Å²) in [5.74, 6) is 0. The van der Waals surface area contributed by atoms with E-state index in [1.54, 1.807) is 0 Å². The van der Waals surface area contributed by atoms with Crippen molar-refractivity contribution >= 4 is 23.1 Å². The fourth-order valence-corrected chi connectivity index (χ4v) is 3.53. The smallest absolute Gasteiger partial charge is 0.0686 e. The first-order valence-corrected chi connectivity index (χ1v) is 7.64. The van der Waals surface area contributed by atoms with Crippen LogP contribution in [-0.4, -0.2) is 6.71 Å². The fourth-order valence-electron chi connectivity index (χ4n) is 3.53. The van der Waals surface area contributed by atoms with Crippen LogP contribution in [0.1, 0.15) is 11.1 Å². The number of hydrogen-bond acceptors (Lipinski definition) is 0. The Morgan fingerprint density at radius 1 is 0.524 bits per heavy atom. The van der Waals surface area contributed by atoms with Gasteiger partial charge < -0.3 is 0 Å². The standard InChI is InChI=1S/C20H17B/c1-2-10-18(11-3-1)21-19-12-6-4-8-16(19)14-15-17-9-5-7-13-20(17)21/h1-13H,14-15H2. The highest BCUT2D eigenvalue weighted by Crippen LogP contribution is 2.11. The second kappa shape index (κ2) is 5.25. The summed E-state index contributed by atoms with van der Waals surface area (Å²) in [5.41, 5.74) is 7.30. The van der Waals surface area contributed by atoms with Gasteiger partial charge in [0.2, 0.25) is 6.71 Å². The van der Waals surface area contributed by atoms with Gasteiger partial charge in [0.15, 0.2) is 0 Å². The summed E-state index contributed by atoms with van der Waals surface area (Å²) in [6.07, 6.45) is 2.27. The van der Waals surface area contributed by atoms with Gasteiger partial charge in [-0.1, -0.05) is 106 Å². The first-order chi connectivity index (χ1) is 10.4. The molecule has 0 radical (unpaired) electrons. The minimum absolute atomic E-state index is 0.362. The number of rotatable bonds is 1. The van der Waals surface area contributed by atoms with E-state index >= 15 is 0 Å². The van der Waals surface area contributed by atoms with Crippen LogP contribution in [0.3, 0.4) is 0 Å². The van der Waals surface area contributed by atoms with Crippen LogP contribution in [-0.2, 0) is 12.8 Å². The predicted molar refractivity (Wildman–Crippen MR) is 91.4 cm³/mol. The monoisotopic (exact) mass is 268 g/mol. The van der Waals surface area contributed by atoms with Gasteiger partial charge in [-0.15, -0.1) is 0 Å². The molecule has 3 aromatic rings. The van der Waals surface area contributed by atoms with Crippen molar-refractivity contribution in [3.63, 3.8) is 0 Å². The van der Waals surface area contributed by atoms with Crippen LogP contribution >= 0.6 is 0 Å². The minimum Gasteiger partial charge on any atom is -0.0686 e. The third kappa shape index (κ3) is 2.19. The Bertz CT molecular complexity index is 714. The molecule has 0 atom stereocenters. The van der Waals surface area contributed by atoms with Crippen molar-refractivity contribution < 1.29 is 0 Å². The van der Waals surface area contributed by atoms with Crippen LogP contribution in [0.15, 0.2) is 78.9 Å². The van der Waals surface area contributed by atoms with Crippen molar-refractivity contribution in [1.82, 2.24) is 0 Å². The molecule has 0 nitrogen and oxygen atoms in total. The maximum atomic E-state index is 2.30. The van der Waals surface area contributed by atoms with Gasteiger partial charge in [-0.05, 0) is 12.8 Å². The molecule has 1 heteroatoms. The summed E-state index contributed by atoms with van der Waals surface area (Å²) >= 11 is 0.